The summed E-state index contributed by atoms with van der Waals surface area (Å²) in [6.07, 6.45) is 0.663. The third-order valence-corrected chi connectivity index (χ3v) is 5.30. The largest absolute Gasteiger partial charge is 0.491 e. The number of hydrogen-bond acceptors (Lipinski definition) is 4. The molecule has 0 saturated heterocycles. The van der Waals surface area contributed by atoms with Gasteiger partial charge in [0.15, 0.2) is 0 Å². The van der Waals surface area contributed by atoms with Gasteiger partial charge in [-0.25, -0.2) is 0 Å². The number of hydrogen-bond donors (Lipinski definition) is 1. The van der Waals surface area contributed by atoms with E-state index in [1.54, 1.807) is 6.92 Å². The van der Waals surface area contributed by atoms with Crippen molar-refractivity contribution in [2.75, 3.05) is 20.2 Å². The molecule has 0 amide bonds. The number of rotatable bonds is 11. The summed E-state index contributed by atoms with van der Waals surface area (Å²) in [5.74, 6) is 0.910. The van der Waals surface area contributed by atoms with Gasteiger partial charge in [-0.15, -0.1) is 0 Å². The molecule has 1 N–H and O–H groups in total. The van der Waals surface area contributed by atoms with Gasteiger partial charge in [0.1, 0.15) is 24.2 Å². The Morgan fingerprint density at radius 3 is 1.97 bits per heavy atom. The molecule has 162 valence electrons. The molecule has 4 heteroatoms. The first-order valence-corrected chi connectivity index (χ1v) is 10.7. The zero-order valence-corrected chi connectivity index (χ0v) is 18.3. The number of aliphatic hydroxyl groups excluding tert-OH is 1. The molecule has 4 nitrogen and oxygen atoms in total. The van der Waals surface area contributed by atoms with Crippen molar-refractivity contribution in [1.29, 1.82) is 0 Å². The van der Waals surface area contributed by atoms with Gasteiger partial charge in [0.25, 0.3) is 0 Å². The number of ether oxygens (including phenoxy) is 1. The lowest BCUT2D eigenvalue weighted by atomic mass is 9.97. The fourth-order valence-corrected chi connectivity index (χ4v) is 3.73. The van der Waals surface area contributed by atoms with E-state index in [1.807, 2.05) is 67.7 Å². The van der Waals surface area contributed by atoms with Crippen molar-refractivity contribution < 1.29 is 14.6 Å². The van der Waals surface area contributed by atoms with Crippen LogP contribution < -0.4 is 4.74 Å². The first-order valence-electron chi connectivity index (χ1n) is 10.7. The molecular formula is C27H31NO3. The van der Waals surface area contributed by atoms with Crippen molar-refractivity contribution in [2.24, 2.45) is 0 Å². The normalized spacial score (nSPS) is 12.2. The molecule has 31 heavy (non-hydrogen) atoms. The second-order valence-corrected chi connectivity index (χ2v) is 7.97. The summed E-state index contributed by atoms with van der Waals surface area (Å²) in [4.78, 5) is 13.3. The number of carbonyl (C=O) groups is 1. The van der Waals surface area contributed by atoms with Crippen molar-refractivity contribution in [3.63, 3.8) is 0 Å². The Morgan fingerprint density at radius 1 is 0.903 bits per heavy atom. The molecule has 3 aromatic rings. The number of aryl methyl sites for hydroxylation is 1. The van der Waals surface area contributed by atoms with Gasteiger partial charge in [0, 0.05) is 13.0 Å². The highest BCUT2D eigenvalue weighted by molar-refractivity contribution is 5.75. The van der Waals surface area contributed by atoms with Crippen molar-refractivity contribution in [2.45, 2.75) is 31.9 Å². The van der Waals surface area contributed by atoms with Crippen LogP contribution in [0.15, 0.2) is 84.9 Å². The van der Waals surface area contributed by atoms with Crippen LogP contribution in [-0.4, -0.2) is 42.1 Å². The lowest BCUT2D eigenvalue weighted by molar-refractivity contribution is -0.116. The minimum atomic E-state index is -0.627. The number of nitrogens with zero attached hydrogens (tertiary/aromatic N) is 1. The maximum atomic E-state index is 11.1. The van der Waals surface area contributed by atoms with Crippen LogP contribution in [0.4, 0.5) is 0 Å². The molecule has 0 radical (unpaired) electrons. The van der Waals surface area contributed by atoms with E-state index in [-0.39, 0.29) is 18.4 Å². The molecule has 3 aromatic carbocycles. The fourth-order valence-electron chi connectivity index (χ4n) is 3.73. The summed E-state index contributed by atoms with van der Waals surface area (Å²) >= 11 is 0. The number of benzene rings is 3. The molecule has 0 fully saturated rings. The first kappa shape index (κ1) is 22.7. The minimum absolute atomic E-state index is 0.0533. The van der Waals surface area contributed by atoms with E-state index in [1.165, 1.54) is 11.1 Å². The maximum Gasteiger partial charge on any atom is 0.130 e. The Labute approximate surface area is 185 Å². The predicted octanol–water partition coefficient (Wildman–Crippen LogP) is 4.67. The highest BCUT2D eigenvalue weighted by Gasteiger charge is 2.21. The summed E-state index contributed by atoms with van der Waals surface area (Å²) in [5.41, 5.74) is 3.48. The van der Waals surface area contributed by atoms with Crippen molar-refractivity contribution in [3.8, 4) is 5.75 Å². The molecule has 0 spiro atoms. The third kappa shape index (κ3) is 7.06. The van der Waals surface area contributed by atoms with Crippen LogP contribution in [0.25, 0.3) is 0 Å². The topological polar surface area (TPSA) is 49.8 Å². The van der Waals surface area contributed by atoms with Gasteiger partial charge in [-0.3, -0.25) is 4.90 Å². The molecule has 0 aliphatic rings. The third-order valence-electron chi connectivity index (χ3n) is 5.30. The van der Waals surface area contributed by atoms with Crippen LogP contribution >= 0.6 is 0 Å². The molecule has 0 bridgehead atoms. The molecule has 0 saturated carbocycles. The van der Waals surface area contributed by atoms with E-state index >= 15 is 0 Å². The lowest BCUT2D eigenvalue weighted by Crippen LogP contribution is -2.36. The molecule has 3 rings (SSSR count). The predicted molar refractivity (Wildman–Crippen MR) is 124 cm³/mol. The smallest absolute Gasteiger partial charge is 0.130 e. The molecule has 0 aliphatic carbocycles. The van der Waals surface area contributed by atoms with E-state index in [9.17, 15) is 9.90 Å². The van der Waals surface area contributed by atoms with E-state index in [2.05, 4.69) is 29.2 Å². The summed E-state index contributed by atoms with van der Waals surface area (Å²) in [7, 11) is 2.03. The van der Waals surface area contributed by atoms with Crippen LogP contribution in [0, 0.1) is 0 Å². The van der Waals surface area contributed by atoms with Crippen LogP contribution in [0.2, 0.25) is 0 Å². The SMILES string of the molecule is CC(=O)CCc1ccc(OCC(O)CN(C)C(c2ccccc2)c2ccccc2)cc1. The second-order valence-electron chi connectivity index (χ2n) is 7.97. The molecule has 0 heterocycles. The Hall–Kier alpha value is -2.95. The maximum absolute atomic E-state index is 11.1. The Bertz CT molecular complexity index is 886. The lowest BCUT2D eigenvalue weighted by Gasteiger charge is -2.30. The van der Waals surface area contributed by atoms with E-state index in [0.717, 1.165) is 17.7 Å². The summed E-state index contributed by atoms with van der Waals surface area (Å²) in [6.45, 7) is 2.30. The summed E-state index contributed by atoms with van der Waals surface area (Å²) in [5, 5.41) is 10.6. The van der Waals surface area contributed by atoms with E-state index < -0.39 is 6.10 Å². The molecular weight excluding hydrogens is 386 g/mol. The number of Topliss-reactive ketones (excluding diaryl/α,β-unsaturated/α-hetero) is 1. The molecule has 0 aliphatic heterocycles. The number of ketones is 1. The Balaban J connectivity index is 1.58. The second kappa shape index (κ2) is 11.4. The zero-order chi connectivity index (χ0) is 22.1. The van der Waals surface area contributed by atoms with Gasteiger partial charge in [-0.05, 0) is 49.2 Å². The van der Waals surface area contributed by atoms with Gasteiger partial charge < -0.3 is 14.6 Å². The van der Waals surface area contributed by atoms with Crippen LogP contribution in [0.5, 0.6) is 5.75 Å². The molecule has 0 aromatic heterocycles. The average molecular weight is 418 g/mol. The zero-order valence-electron chi connectivity index (χ0n) is 18.3. The average Bonchev–Trinajstić information content (AvgIpc) is 2.78. The summed E-state index contributed by atoms with van der Waals surface area (Å²) in [6, 6.07) is 28.4. The monoisotopic (exact) mass is 417 g/mol. The van der Waals surface area contributed by atoms with Crippen LogP contribution in [0.3, 0.4) is 0 Å². The highest BCUT2D eigenvalue weighted by Crippen LogP contribution is 2.27. The minimum Gasteiger partial charge on any atom is -0.491 e. The van der Waals surface area contributed by atoms with E-state index in [0.29, 0.717) is 13.0 Å². The quantitative estimate of drug-likeness (QED) is 0.493. The standard InChI is InChI=1S/C27H31NO3/c1-21(29)13-14-22-15-17-26(18-16-22)31-20-25(30)19-28(2)27(23-9-5-3-6-10-23)24-11-7-4-8-12-24/h3-12,15-18,25,27,30H,13-14,19-20H2,1-2H3. The van der Waals surface area contributed by atoms with Crippen molar-refractivity contribution in [3.05, 3.63) is 102 Å². The number of aliphatic hydroxyl groups is 1. The number of carbonyl (C=O) groups excluding carboxylic acids is 1. The van der Waals surface area contributed by atoms with Gasteiger partial charge >= 0.3 is 0 Å². The van der Waals surface area contributed by atoms with Gasteiger partial charge in [0.05, 0.1) is 6.04 Å². The van der Waals surface area contributed by atoms with E-state index in [4.69, 9.17) is 4.74 Å². The van der Waals surface area contributed by atoms with Crippen LogP contribution in [0.1, 0.15) is 36.1 Å². The Kier molecular flexibility index (Phi) is 8.39. The highest BCUT2D eigenvalue weighted by atomic mass is 16.5. The molecule has 1 atom stereocenters. The van der Waals surface area contributed by atoms with Gasteiger partial charge in [-0.2, -0.15) is 0 Å². The van der Waals surface area contributed by atoms with Gasteiger partial charge in [0.2, 0.25) is 0 Å². The molecule has 1 unspecified atom stereocenters. The van der Waals surface area contributed by atoms with Crippen molar-refractivity contribution in [1.82, 2.24) is 4.90 Å². The van der Waals surface area contributed by atoms with Crippen LogP contribution in [-0.2, 0) is 11.2 Å². The fraction of sp³-hybridized carbons (Fsp3) is 0.296. The summed E-state index contributed by atoms with van der Waals surface area (Å²) < 4.78 is 5.80. The Morgan fingerprint density at radius 2 is 1.45 bits per heavy atom. The first-order chi connectivity index (χ1) is 15.0. The van der Waals surface area contributed by atoms with Gasteiger partial charge in [-0.1, -0.05) is 72.8 Å². The van der Waals surface area contributed by atoms with Crippen molar-refractivity contribution >= 4 is 5.78 Å². The number of likely N-dealkylation sites (N-methyl/N-ethyl adjacent to an activating group) is 1.